The number of para-hydroxylation sites is 1. The highest BCUT2D eigenvalue weighted by Gasteiger charge is 2.17. The van der Waals surface area contributed by atoms with Crippen LogP contribution < -0.4 is 10.2 Å². The van der Waals surface area contributed by atoms with E-state index in [9.17, 15) is 4.79 Å². The van der Waals surface area contributed by atoms with Gasteiger partial charge in [-0.05, 0) is 44.4 Å². The molecule has 0 spiro atoms. The third-order valence-corrected chi connectivity index (χ3v) is 4.01. The molecular formula is C18H19N5O. The summed E-state index contributed by atoms with van der Waals surface area (Å²) in [7, 11) is 0. The average Bonchev–Trinajstić information content (AvgIpc) is 2.62. The number of nitriles is 1. The fraction of sp³-hybridized carbons (Fsp3) is 0.333. The number of aromatic nitrogens is 2. The highest BCUT2D eigenvalue weighted by atomic mass is 16.1. The lowest BCUT2D eigenvalue weighted by Gasteiger charge is -2.27. The third kappa shape index (κ3) is 3.51. The normalized spacial score (nSPS) is 14.1. The van der Waals surface area contributed by atoms with E-state index >= 15 is 0 Å². The Morgan fingerprint density at radius 3 is 2.71 bits per heavy atom. The highest BCUT2D eigenvalue weighted by Crippen LogP contribution is 2.18. The van der Waals surface area contributed by atoms with Crippen LogP contribution in [0.25, 0.3) is 0 Å². The first-order valence-corrected chi connectivity index (χ1v) is 8.08. The fourth-order valence-corrected chi connectivity index (χ4v) is 2.78. The molecule has 0 bridgehead atoms. The van der Waals surface area contributed by atoms with E-state index in [1.165, 1.54) is 6.42 Å². The summed E-state index contributed by atoms with van der Waals surface area (Å²) in [6.45, 7) is 3.69. The Hall–Kier alpha value is -2.94. The van der Waals surface area contributed by atoms with Crippen LogP contribution in [-0.2, 0) is 0 Å². The lowest BCUT2D eigenvalue weighted by molar-refractivity contribution is 0.102. The second-order valence-electron chi connectivity index (χ2n) is 5.85. The molecule has 2 aromatic rings. The summed E-state index contributed by atoms with van der Waals surface area (Å²) in [6, 6.07) is 10.6. The van der Waals surface area contributed by atoms with E-state index < -0.39 is 0 Å². The van der Waals surface area contributed by atoms with Gasteiger partial charge in [0.05, 0.1) is 11.3 Å². The van der Waals surface area contributed by atoms with Crippen LogP contribution in [0.4, 0.5) is 11.6 Å². The molecule has 1 saturated heterocycles. The average molecular weight is 321 g/mol. The molecule has 1 fully saturated rings. The highest BCUT2D eigenvalue weighted by molar-refractivity contribution is 6.03. The van der Waals surface area contributed by atoms with Crippen molar-refractivity contribution in [2.45, 2.75) is 26.2 Å². The van der Waals surface area contributed by atoms with Gasteiger partial charge in [0.1, 0.15) is 11.8 Å². The molecule has 3 rings (SSSR count). The van der Waals surface area contributed by atoms with Crippen molar-refractivity contribution in [1.29, 1.82) is 5.26 Å². The number of benzene rings is 1. The van der Waals surface area contributed by atoms with E-state index in [-0.39, 0.29) is 5.91 Å². The van der Waals surface area contributed by atoms with E-state index in [4.69, 9.17) is 5.26 Å². The molecule has 2 heterocycles. The smallest absolute Gasteiger partial charge is 0.274 e. The molecule has 0 radical (unpaired) electrons. The number of hydrogen-bond acceptors (Lipinski definition) is 5. The summed E-state index contributed by atoms with van der Waals surface area (Å²) in [5.41, 5.74) is 1.98. The van der Waals surface area contributed by atoms with E-state index in [0.717, 1.165) is 31.6 Å². The van der Waals surface area contributed by atoms with Crippen molar-refractivity contribution >= 4 is 17.5 Å². The molecule has 0 aliphatic carbocycles. The van der Waals surface area contributed by atoms with Crippen LogP contribution in [0.2, 0.25) is 0 Å². The topological polar surface area (TPSA) is 81.9 Å². The molecule has 1 aliphatic heterocycles. The van der Waals surface area contributed by atoms with Crippen molar-refractivity contribution in [3.63, 3.8) is 0 Å². The van der Waals surface area contributed by atoms with Crippen molar-refractivity contribution in [2.24, 2.45) is 0 Å². The number of nitrogens with zero attached hydrogens (tertiary/aromatic N) is 4. The van der Waals surface area contributed by atoms with Gasteiger partial charge in [-0.2, -0.15) is 5.26 Å². The number of aryl methyl sites for hydroxylation is 1. The maximum atomic E-state index is 12.5. The van der Waals surface area contributed by atoms with Gasteiger partial charge in [-0.3, -0.25) is 4.79 Å². The zero-order valence-electron chi connectivity index (χ0n) is 13.6. The predicted molar refractivity (Wildman–Crippen MR) is 91.9 cm³/mol. The molecule has 24 heavy (non-hydrogen) atoms. The number of piperidine rings is 1. The van der Waals surface area contributed by atoms with Gasteiger partial charge in [0.15, 0.2) is 0 Å². The molecule has 1 aliphatic rings. The number of carbonyl (C=O) groups is 1. The SMILES string of the molecule is Cc1cc(C(=O)Nc2ccccc2C#N)nc(N2CCCCC2)n1. The van der Waals surface area contributed by atoms with Gasteiger partial charge in [0, 0.05) is 18.8 Å². The second kappa shape index (κ2) is 7.09. The van der Waals surface area contributed by atoms with Gasteiger partial charge in [-0.1, -0.05) is 12.1 Å². The fourth-order valence-electron chi connectivity index (χ4n) is 2.78. The summed E-state index contributed by atoms with van der Waals surface area (Å²) in [6.07, 6.45) is 3.46. The first-order valence-electron chi connectivity index (χ1n) is 8.08. The zero-order chi connectivity index (χ0) is 16.9. The van der Waals surface area contributed by atoms with Gasteiger partial charge in [-0.25, -0.2) is 9.97 Å². The quantitative estimate of drug-likeness (QED) is 0.940. The van der Waals surface area contributed by atoms with Crippen LogP contribution in [0.3, 0.4) is 0 Å². The Morgan fingerprint density at radius 2 is 1.96 bits per heavy atom. The molecule has 1 aromatic carbocycles. The summed E-state index contributed by atoms with van der Waals surface area (Å²) in [4.78, 5) is 23.6. The monoisotopic (exact) mass is 321 g/mol. The molecule has 6 nitrogen and oxygen atoms in total. The van der Waals surface area contributed by atoms with E-state index in [2.05, 4.69) is 26.3 Å². The minimum Gasteiger partial charge on any atom is -0.341 e. The van der Waals surface area contributed by atoms with E-state index in [1.807, 2.05) is 6.92 Å². The maximum Gasteiger partial charge on any atom is 0.274 e. The molecule has 1 N–H and O–H groups in total. The van der Waals surface area contributed by atoms with Crippen LogP contribution in [0.15, 0.2) is 30.3 Å². The Balaban J connectivity index is 1.84. The largest absolute Gasteiger partial charge is 0.341 e. The van der Waals surface area contributed by atoms with Gasteiger partial charge in [0.25, 0.3) is 5.91 Å². The van der Waals surface area contributed by atoms with Crippen LogP contribution in [0.1, 0.15) is 41.0 Å². The van der Waals surface area contributed by atoms with Crippen molar-refractivity contribution in [3.8, 4) is 6.07 Å². The third-order valence-electron chi connectivity index (χ3n) is 4.01. The number of nitrogens with one attached hydrogen (secondary N) is 1. The van der Waals surface area contributed by atoms with Gasteiger partial charge < -0.3 is 10.2 Å². The molecule has 0 atom stereocenters. The van der Waals surface area contributed by atoms with Gasteiger partial charge >= 0.3 is 0 Å². The molecule has 1 aromatic heterocycles. The first-order chi connectivity index (χ1) is 11.7. The second-order valence-corrected chi connectivity index (χ2v) is 5.85. The van der Waals surface area contributed by atoms with Crippen molar-refractivity contribution in [3.05, 3.63) is 47.3 Å². The van der Waals surface area contributed by atoms with Crippen molar-refractivity contribution < 1.29 is 4.79 Å². The summed E-state index contributed by atoms with van der Waals surface area (Å²) < 4.78 is 0. The standard InChI is InChI=1S/C18H19N5O/c1-13-11-16(22-18(20-13)23-9-5-2-6-10-23)17(24)21-15-8-4-3-7-14(15)12-19/h3-4,7-8,11H,2,5-6,9-10H2,1H3,(H,21,24). The number of carbonyl (C=O) groups excluding carboxylic acids is 1. The first kappa shape index (κ1) is 15.9. The van der Waals surface area contributed by atoms with Crippen molar-refractivity contribution in [1.82, 2.24) is 9.97 Å². The number of rotatable bonds is 3. The van der Waals surface area contributed by atoms with Crippen LogP contribution in [-0.4, -0.2) is 29.0 Å². The lowest BCUT2D eigenvalue weighted by Crippen LogP contribution is -2.31. The molecular weight excluding hydrogens is 302 g/mol. The van der Waals surface area contributed by atoms with E-state index in [1.54, 1.807) is 30.3 Å². The summed E-state index contributed by atoms with van der Waals surface area (Å²) in [5.74, 6) is 0.273. The lowest BCUT2D eigenvalue weighted by atomic mass is 10.1. The molecule has 122 valence electrons. The van der Waals surface area contributed by atoms with Gasteiger partial charge in [0.2, 0.25) is 5.95 Å². The van der Waals surface area contributed by atoms with Crippen LogP contribution in [0, 0.1) is 18.3 Å². The summed E-state index contributed by atoms with van der Waals surface area (Å²) >= 11 is 0. The minimum atomic E-state index is -0.332. The maximum absolute atomic E-state index is 12.5. The number of anilines is 2. The van der Waals surface area contributed by atoms with Crippen molar-refractivity contribution in [2.75, 3.05) is 23.3 Å². The van der Waals surface area contributed by atoms with E-state index in [0.29, 0.717) is 22.9 Å². The number of hydrogen-bond donors (Lipinski definition) is 1. The predicted octanol–water partition coefficient (Wildman–Crippen LogP) is 2.90. The molecule has 6 heteroatoms. The molecule has 1 amide bonds. The Labute approximate surface area is 141 Å². The number of amides is 1. The Kier molecular flexibility index (Phi) is 4.71. The zero-order valence-corrected chi connectivity index (χ0v) is 13.6. The Bertz CT molecular complexity index is 790. The summed E-state index contributed by atoms with van der Waals surface area (Å²) in [5, 5.41) is 11.9. The molecule has 0 unspecified atom stereocenters. The van der Waals surface area contributed by atoms with Crippen LogP contribution >= 0.6 is 0 Å². The van der Waals surface area contributed by atoms with Gasteiger partial charge in [-0.15, -0.1) is 0 Å². The molecule has 0 saturated carbocycles. The minimum absolute atomic E-state index is 0.316. The Morgan fingerprint density at radius 1 is 1.21 bits per heavy atom. The van der Waals surface area contributed by atoms with Crippen LogP contribution in [0.5, 0.6) is 0 Å².